The number of rotatable bonds is 5. The first-order valence-corrected chi connectivity index (χ1v) is 7.83. The molecule has 1 aromatic heterocycles. The number of hydrogen-bond donors (Lipinski definition) is 2. The Morgan fingerprint density at radius 2 is 1.76 bits per heavy atom. The van der Waals surface area contributed by atoms with E-state index < -0.39 is 11.8 Å². The zero-order chi connectivity index (χ0) is 17.8. The quantitative estimate of drug-likeness (QED) is 0.748. The van der Waals surface area contributed by atoms with Gasteiger partial charge in [-0.15, -0.1) is 0 Å². The summed E-state index contributed by atoms with van der Waals surface area (Å²) in [5, 5.41) is 7.09. The van der Waals surface area contributed by atoms with Crippen molar-refractivity contribution in [2.75, 3.05) is 6.54 Å². The predicted molar refractivity (Wildman–Crippen MR) is 95.3 cm³/mol. The monoisotopic (exact) mass is 334 g/mol. The highest BCUT2D eigenvalue weighted by atomic mass is 16.2. The van der Waals surface area contributed by atoms with Crippen LogP contribution in [0.4, 0.5) is 0 Å². The summed E-state index contributed by atoms with van der Waals surface area (Å²) in [5.74, 6) is -0.989. The molecule has 0 radical (unpaired) electrons. The second kappa shape index (κ2) is 7.00. The van der Waals surface area contributed by atoms with E-state index in [0.29, 0.717) is 11.3 Å². The van der Waals surface area contributed by atoms with Gasteiger partial charge in [0.1, 0.15) is 5.69 Å². The molecular weight excluding hydrogens is 316 g/mol. The van der Waals surface area contributed by atoms with Crippen LogP contribution in [0.5, 0.6) is 0 Å². The zero-order valence-electron chi connectivity index (χ0n) is 13.8. The van der Waals surface area contributed by atoms with Crippen LogP contribution in [-0.2, 0) is 4.79 Å². The molecule has 3 N–H and O–H groups in total. The fourth-order valence-electron chi connectivity index (χ4n) is 2.44. The minimum Gasteiger partial charge on any atom is -0.368 e. The van der Waals surface area contributed by atoms with Crippen molar-refractivity contribution >= 4 is 11.8 Å². The Morgan fingerprint density at radius 3 is 2.40 bits per heavy atom. The van der Waals surface area contributed by atoms with Crippen molar-refractivity contribution in [3.63, 3.8) is 0 Å². The maximum atomic E-state index is 12.5. The minimum absolute atomic E-state index is 0.220. The van der Waals surface area contributed by atoms with E-state index in [1.807, 2.05) is 61.5 Å². The van der Waals surface area contributed by atoms with E-state index in [1.54, 1.807) is 10.9 Å². The van der Waals surface area contributed by atoms with E-state index in [9.17, 15) is 9.59 Å². The number of carbonyl (C=O) groups excluding carboxylic acids is 2. The maximum absolute atomic E-state index is 12.5. The van der Waals surface area contributed by atoms with Gasteiger partial charge in [-0.05, 0) is 19.1 Å². The first kappa shape index (κ1) is 16.4. The number of amides is 2. The summed E-state index contributed by atoms with van der Waals surface area (Å²) in [5.41, 5.74) is 8.81. The van der Waals surface area contributed by atoms with Crippen LogP contribution in [0.25, 0.3) is 16.9 Å². The fourth-order valence-corrected chi connectivity index (χ4v) is 2.44. The number of carbonyl (C=O) groups is 2. The van der Waals surface area contributed by atoms with Crippen LogP contribution in [0.3, 0.4) is 0 Å². The molecular formula is C19H18N4O2. The van der Waals surface area contributed by atoms with Crippen LogP contribution >= 0.6 is 0 Å². The average Bonchev–Trinajstić information content (AvgIpc) is 3.06. The van der Waals surface area contributed by atoms with Gasteiger partial charge in [0.15, 0.2) is 0 Å². The third-order valence-corrected chi connectivity index (χ3v) is 3.73. The van der Waals surface area contributed by atoms with Crippen molar-refractivity contribution in [1.82, 2.24) is 15.1 Å². The summed E-state index contributed by atoms with van der Waals surface area (Å²) < 4.78 is 1.65. The van der Waals surface area contributed by atoms with Crippen molar-refractivity contribution in [2.24, 2.45) is 5.73 Å². The molecule has 6 nitrogen and oxygen atoms in total. The summed E-state index contributed by atoms with van der Waals surface area (Å²) >= 11 is 0. The largest absolute Gasteiger partial charge is 0.368 e. The molecule has 0 saturated carbocycles. The maximum Gasteiger partial charge on any atom is 0.255 e. The minimum atomic E-state index is -0.597. The van der Waals surface area contributed by atoms with Gasteiger partial charge in [0.25, 0.3) is 5.91 Å². The number of aromatic nitrogens is 2. The van der Waals surface area contributed by atoms with E-state index >= 15 is 0 Å². The molecule has 0 spiro atoms. The van der Waals surface area contributed by atoms with Gasteiger partial charge < -0.3 is 11.1 Å². The Bertz CT molecular complexity index is 899. The van der Waals surface area contributed by atoms with Crippen LogP contribution < -0.4 is 11.1 Å². The molecule has 25 heavy (non-hydrogen) atoms. The molecule has 0 atom stereocenters. The van der Waals surface area contributed by atoms with Crippen LogP contribution in [0.15, 0.2) is 60.8 Å². The molecule has 3 aromatic rings. The van der Waals surface area contributed by atoms with Crippen molar-refractivity contribution in [3.05, 3.63) is 71.9 Å². The Hall–Kier alpha value is -3.41. The van der Waals surface area contributed by atoms with Gasteiger partial charge in [-0.25, -0.2) is 4.68 Å². The van der Waals surface area contributed by atoms with Crippen LogP contribution in [0.1, 0.15) is 15.9 Å². The summed E-state index contributed by atoms with van der Waals surface area (Å²) in [4.78, 5) is 23.4. The lowest BCUT2D eigenvalue weighted by molar-refractivity contribution is -0.117. The topological polar surface area (TPSA) is 90.0 Å². The van der Waals surface area contributed by atoms with E-state index in [-0.39, 0.29) is 6.54 Å². The number of hydrogen-bond acceptors (Lipinski definition) is 3. The molecule has 1 heterocycles. The molecule has 0 aliphatic carbocycles. The summed E-state index contributed by atoms with van der Waals surface area (Å²) in [6.45, 7) is 1.77. The smallest absolute Gasteiger partial charge is 0.255 e. The highest BCUT2D eigenvalue weighted by molar-refractivity contribution is 6.01. The SMILES string of the molecule is Cc1ccc(-c2nn(-c3ccccc3)cc2C(=O)NCC(N)=O)cc1. The van der Waals surface area contributed by atoms with Gasteiger partial charge >= 0.3 is 0 Å². The molecule has 2 aromatic carbocycles. The highest BCUT2D eigenvalue weighted by Crippen LogP contribution is 2.24. The number of nitrogens with two attached hydrogens (primary N) is 1. The zero-order valence-corrected chi connectivity index (χ0v) is 13.8. The molecule has 2 amide bonds. The molecule has 0 aliphatic heterocycles. The summed E-state index contributed by atoms with van der Waals surface area (Å²) in [6, 6.07) is 17.3. The average molecular weight is 334 g/mol. The molecule has 3 rings (SSSR count). The first-order valence-electron chi connectivity index (χ1n) is 7.83. The van der Waals surface area contributed by atoms with Gasteiger partial charge in [-0.1, -0.05) is 48.0 Å². The van der Waals surface area contributed by atoms with Crippen molar-refractivity contribution in [1.29, 1.82) is 0 Å². The third-order valence-electron chi connectivity index (χ3n) is 3.73. The van der Waals surface area contributed by atoms with Crippen LogP contribution in [-0.4, -0.2) is 28.1 Å². The molecule has 0 fully saturated rings. The van der Waals surface area contributed by atoms with Gasteiger partial charge in [0.2, 0.25) is 5.91 Å². The van der Waals surface area contributed by atoms with E-state index in [4.69, 9.17) is 5.73 Å². The lowest BCUT2D eigenvalue weighted by Crippen LogP contribution is -2.33. The molecule has 6 heteroatoms. The lowest BCUT2D eigenvalue weighted by Gasteiger charge is -2.03. The number of benzene rings is 2. The van der Waals surface area contributed by atoms with Gasteiger partial charge in [-0.2, -0.15) is 5.10 Å². The molecule has 0 unspecified atom stereocenters. The number of nitrogens with one attached hydrogen (secondary N) is 1. The molecule has 0 saturated heterocycles. The second-order valence-corrected chi connectivity index (χ2v) is 5.69. The second-order valence-electron chi connectivity index (χ2n) is 5.69. The van der Waals surface area contributed by atoms with Gasteiger partial charge in [0, 0.05) is 11.8 Å². The normalized spacial score (nSPS) is 10.4. The number of aryl methyl sites for hydroxylation is 1. The standard InChI is InChI=1S/C19H18N4O2/c1-13-7-9-14(10-8-13)18-16(19(25)21-11-17(20)24)12-23(22-18)15-5-3-2-4-6-15/h2-10,12H,11H2,1H3,(H2,20,24)(H,21,25). The van der Waals surface area contributed by atoms with E-state index in [1.165, 1.54) is 0 Å². The molecule has 126 valence electrons. The van der Waals surface area contributed by atoms with E-state index in [0.717, 1.165) is 16.8 Å². The molecule has 0 bridgehead atoms. The lowest BCUT2D eigenvalue weighted by atomic mass is 10.1. The number of nitrogens with zero attached hydrogens (tertiary/aromatic N) is 2. The molecule has 0 aliphatic rings. The number of para-hydroxylation sites is 1. The Kier molecular flexibility index (Phi) is 4.61. The Morgan fingerprint density at radius 1 is 1.08 bits per heavy atom. The number of primary amides is 1. The Labute approximate surface area is 145 Å². The predicted octanol–water partition coefficient (Wildman–Crippen LogP) is 2.06. The van der Waals surface area contributed by atoms with E-state index in [2.05, 4.69) is 10.4 Å². The summed E-state index contributed by atoms with van der Waals surface area (Å²) in [6.07, 6.45) is 1.65. The van der Waals surface area contributed by atoms with Gasteiger partial charge in [0.05, 0.1) is 17.8 Å². The van der Waals surface area contributed by atoms with Crippen molar-refractivity contribution < 1.29 is 9.59 Å². The first-order chi connectivity index (χ1) is 12.0. The van der Waals surface area contributed by atoms with Crippen molar-refractivity contribution in [2.45, 2.75) is 6.92 Å². The van der Waals surface area contributed by atoms with Gasteiger partial charge in [-0.3, -0.25) is 9.59 Å². The van der Waals surface area contributed by atoms with Crippen LogP contribution in [0, 0.1) is 6.92 Å². The highest BCUT2D eigenvalue weighted by Gasteiger charge is 2.18. The summed E-state index contributed by atoms with van der Waals surface area (Å²) in [7, 11) is 0. The Balaban J connectivity index is 2.04. The van der Waals surface area contributed by atoms with Crippen LogP contribution in [0.2, 0.25) is 0 Å². The third kappa shape index (κ3) is 3.74. The fraction of sp³-hybridized carbons (Fsp3) is 0.105. The van der Waals surface area contributed by atoms with Crippen molar-refractivity contribution in [3.8, 4) is 16.9 Å².